The zero-order chi connectivity index (χ0) is 13.2. The van der Waals surface area contributed by atoms with Crippen molar-refractivity contribution in [3.05, 3.63) is 35.4 Å². The van der Waals surface area contributed by atoms with Crippen molar-refractivity contribution in [3.8, 4) is 0 Å². The molecule has 3 atom stereocenters. The summed E-state index contributed by atoms with van der Waals surface area (Å²) in [6.07, 6.45) is 2.32. The quantitative estimate of drug-likeness (QED) is 0.896. The van der Waals surface area contributed by atoms with Gasteiger partial charge in [0.05, 0.1) is 6.61 Å². The van der Waals surface area contributed by atoms with Crippen molar-refractivity contribution in [3.63, 3.8) is 0 Å². The minimum absolute atomic E-state index is 0.465. The van der Waals surface area contributed by atoms with Gasteiger partial charge in [-0.1, -0.05) is 31.2 Å². The van der Waals surface area contributed by atoms with E-state index in [4.69, 9.17) is 4.74 Å². The van der Waals surface area contributed by atoms with Crippen LogP contribution in [0.25, 0.3) is 0 Å². The fourth-order valence-corrected chi connectivity index (χ4v) is 3.53. The lowest BCUT2D eigenvalue weighted by Crippen LogP contribution is -2.46. The molecule has 0 bridgehead atoms. The smallest absolute Gasteiger partial charge is 0.0622 e. The van der Waals surface area contributed by atoms with E-state index in [0.29, 0.717) is 18.1 Å². The largest absolute Gasteiger partial charge is 0.380 e. The van der Waals surface area contributed by atoms with E-state index in [1.54, 1.807) is 0 Å². The molecule has 1 aliphatic carbocycles. The van der Waals surface area contributed by atoms with Crippen LogP contribution in [-0.4, -0.2) is 43.8 Å². The van der Waals surface area contributed by atoms with E-state index in [9.17, 15) is 0 Å². The van der Waals surface area contributed by atoms with Crippen molar-refractivity contribution in [1.82, 2.24) is 10.2 Å². The van der Waals surface area contributed by atoms with E-state index in [0.717, 1.165) is 26.2 Å². The molecule has 1 aromatic rings. The maximum Gasteiger partial charge on any atom is 0.0622 e. The Labute approximate surface area is 115 Å². The molecule has 3 rings (SSSR count). The zero-order valence-electron chi connectivity index (χ0n) is 11.9. The third-order valence-electron chi connectivity index (χ3n) is 4.63. The van der Waals surface area contributed by atoms with Crippen molar-refractivity contribution in [2.45, 2.75) is 37.9 Å². The summed E-state index contributed by atoms with van der Waals surface area (Å²) in [5.74, 6) is 0. The molecule has 0 aromatic heterocycles. The molecule has 0 amide bonds. The van der Waals surface area contributed by atoms with Crippen molar-refractivity contribution < 1.29 is 4.74 Å². The Balaban J connectivity index is 1.81. The highest BCUT2D eigenvalue weighted by Crippen LogP contribution is 2.35. The van der Waals surface area contributed by atoms with Gasteiger partial charge in [-0.05, 0) is 37.6 Å². The Hall–Kier alpha value is -0.900. The molecule has 1 aromatic carbocycles. The molecule has 1 fully saturated rings. The van der Waals surface area contributed by atoms with Gasteiger partial charge < -0.3 is 10.1 Å². The molecule has 104 valence electrons. The molecule has 2 aliphatic rings. The molecule has 0 radical (unpaired) electrons. The molecular formula is C16H24N2O. The van der Waals surface area contributed by atoms with Crippen molar-refractivity contribution in [1.29, 1.82) is 0 Å². The zero-order valence-corrected chi connectivity index (χ0v) is 11.9. The third kappa shape index (κ3) is 2.42. The summed E-state index contributed by atoms with van der Waals surface area (Å²) in [6.45, 7) is 5.02. The van der Waals surface area contributed by atoms with E-state index in [1.165, 1.54) is 17.5 Å². The van der Waals surface area contributed by atoms with Gasteiger partial charge in [-0.3, -0.25) is 4.90 Å². The fraction of sp³-hybridized carbons (Fsp3) is 0.625. The molecule has 1 N–H and O–H groups in total. The molecule has 1 saturated heterocycles. The summed E-state index contributed by atoms with van der Waals surface area (Å²) in [6, 6.07) is 10.5. The maximum atomic E-state index is 5.55. The van der Waals surface area contributed by atoms with Gasteiger partial charge in [-0.15, -0.1) is 0 Å². The van der Waals surface area contributed by atoms with Gasteiger partial charge in [0.2, 0.25) is 0 Å². The number of nitrogens with zero attached hydrogens (tertiary/aromatic N) is 1. The summed E-state index contributed by atoms with van der Waals surface area (Å²) >= 11 is 0. The van der Waals surface area contributed by atoms with E-state index in [-0.39, 0.29) is 0 Å². The molecule has 19 heavy (non-hydrogen) atoms. The van der Waals surface area contributed by atoms with Crippen LogP contribution in [0, 0.1) is 0 Å². The van der Waals surface area contributed by atoms with Gasteiger partial charge in [0.25, 0.3) is 0 Å². The van der Waals surface area contributed by atoms with Crippen LogP contribution in [0.15, 0.2) is 24.3 Å². The number of hydrogen-bond acceptors (Lipinski definition) is 3. The SMILES string of the molecule is CCNC1c2ccccc2CC1N(C)C1CCOC1. The second-order valence-electron chi connectivity index (χ2n) is 5.69. The number of fused-ring (bicyclic) bond motifs is 1. The monoisotopic (exact) mass is 260 g/mol. The predicted molar refractivity (Wildman–Crippen MR) is 77.3 cm³/mol. The summed E-state index contributed by atoms with van der Waals surface area (Å²) < 4.78 is 5.55. The van der Waals surface area contributed by atoms with Gasteiger partial charge in [-0.2, -0.15) is 0 Å². The first-order valence-corrected chi connectivity index (χ1v) is 7.42. The predicted octanol–water partition coefficient (Wildman–Crippen LogP) is 1.98. The van der Waals surface area contributed by atoms with E-state index >= 15 is 0 Å². The highest BCUT2D eigenvalue weighted by atomic mass is 16.5. The number of benzene rings is 1. The van der Waals surface area contributed by atoms with Crippen molar-refractivity contribution in [2.24, 2.45) is 0 Å². The minimum Gasteiger partial charge on any atom is -0.380 e. The normalized spacial score (nSPS) is 29.9. The Morgan fingerprint density at radius 2 is 2.21 bits per heavy atom. The molecule has 0 saturated carbocycles. The summed E-state index contributed by atoms with van der Waals surface area (Å²) in [7, 11) is 2.26. The highest BCUT2D eigenvalue weighted by molar-refractivity contribution is 5.37. The van der Waals surface area contributed by atoms with Crippen molar-refractivity contribution in [2.75, 3.05) is 26.8 Å². The van der Waals surface area contributed by atoms with Crippen LogP contribution in [0.4, 0.5) is 0 Å². The third-order valence-corrected chi connectivity index (χ3v) is 4.63. The molecular weight excluding hydrogens is 236 g/mol. The van der Waals surface area contributed by atoms with Gasteiger partial charge in [-0.25, -0.2) is 0 Å². The summed E-state index contributed by atoms with van der Waals surface area (Å²) in [4.78, 5) is 2.54. The first kappa shape index (κ1) is 13.1. The Morgan fingerprint density at radius 1 is 1.37 bits per heavy atom. The van der Waals surface area contributed by atoms with Crippen LogP contribution < -0.4 is 5.32 Å². The first-order valence-electron chi connectivity index (χ1n) is 7.42. The molecule has 0 spiro atoms. The number of ether oxygens (including phenoxy) is 1. The van der Waals surface area contributed by atoms with Crippen LogP contribution >= 0.6 is 0 Å². The van der Waals surface area contributed by atoms with E-state index < -0.39 is 0 Å². The Bertz CT molecular complexity index is 429. The average molecular weight is 260 g/mol. The average Bonchev–Trinajstić information content (AvgIpc) is 3.06. The number of likely N-dealkylation sites (N-methyl/N-ethyl adjacent to an activating group) is 2. The first-order chi connectivity index (χ1) is 9.31. The molecule has 1 aliphatic heterocycles. The van der Waals surface area contributed by atoms with Gasteiger partial charge >= 0.3 is 0 Å². The second-order valence-corrected chi connectivity index (χ2v) is 5.69. The number of nitrogens with one attached hydrogen (secondary N) is 1. The lowest BCUT2D eigenvalue weighted by atomic mass is 10.0. The highest BCUT2D eigenvalue weighted by Gasteiger charge is 2.37. The van der Waals surface area contributed by atoms with Crippen LogP contribution in [0.1, 0.15) is 30.5 Å². The summed E-state index contributed by atoms with van der Waals surface area (Å²) in [5, 5.41) is 3.67. The van der Waals surface area contributed by atoms with Gasteiger partial charge in [0, 0.05) is 24.7 Å². The topological polar surface area (TPSA) is 24.5 Å². The van der Waals surface area contributed by atoms with Crippen LogP contribution in [0.2, 0.25) is 0 Å². The van der Waals surface area contributed by atoms with Crippen LogP contribution in [0.3, 0.4) is 0 Å². The fourth-order valence-electron chi connectivity index (χ4n) is 3.53. The Kier molecular flexibility index (Phi) is 3.87. The van der Waals surface area contributed by atoms with Crippen molar-refractivity contribution >= 4 is 0 Å². The lowest BCUT2D eigenvalue weighted by molar-refractivity contribution is 0.119. The molecule has 1 heterocycles. The van der Waals surface area contributed by atoms with Gasteiger partial charge in [0.15, 0.2) is 0 Å². The number of hydrogen-bond donors (Lipinski definition) is 1. The maximum absolute atomic E-state index is 5.55. The number of rotatable bonds is 4. The second kappa shape index (κ2) is 5.61. The molecule has 3 heteroatoms. The van der Waals surface area contributed by atoms with Gasteiger partial charge in [0.1, 0.15) is 0 Å². The van der Waals surface area contributed by atoms with E-state index in [1.807, 2.05) is 0 Å². The molecule has 3 nitrogen and oxygen atoms in total. The van der Waals surface area contributed by atoms with Crippen LogP contribution in [-0.2, 0) is 11.2 Å². The standard InChI is InChI=1S/C16H24N2O/c1-3-17-16-14-7-5-4-6-12(14)10-15(16)18(2)13-8-9-19-11-13/h4-7,13,15-17H,3,8-11H2,1-2H3. The van der Waals surface area contributed by atoms with Crippen LogP contribution in [0.5, 0.6) is 0 Å². The lowest BCUT2D eigenvalue weighted by Gasteiger charge is -2.34. The Morgan fingerprint density at radius 3 is 2.95 bits per heavy atom. The molecule has 3 unspecified atom stereocenters. The minimum atomic E-state index is 0.465. The van der Waals surface area contributed by atoms with E-state index in [2.05, 4.69) is 48.5 Å². The summed E-state index contributed by atoms with van der Waals surface area (Å²) in [5.41, 5.74) is 2.99.